The first-order chi connectivity index (χ1) is 24.1. The average Bonchev–Trinajstić information content (AvgIpc) is 3.14. The number of fused-ring (bicyclic) bond motifs is 16. The third-order valence-electron chi connectivity index (χ3n) is 10.9. The Bertz CT molecular complexity index is 2310. The number of hydrogen-bond donors (Lipinski definition) is 0. The van der Waals surface area contributed by atoms with Crippen LogP contribution in [0, 0.1) is 0 Å². The van der Waals surface area contributed by atoms with Gasteiger partial charge in [0.1, 0.15) is 23.0 Å². The molecule has 0 unspecified atom stereocenters. The summed E-state index contributed by atoms with van der Waals surface area (Å²) in [5, 5.41) is 0. The van der Waals surface area contributed by atoms with Gasteiger partial charge in [-0.25, -0.2) is 0 Å². The molecule has 0 saturated heterocycles. The summed E-state index contributed by atoms with van der Waals surface area (Å²) in [4.78, 5) is 2.50. The highest BCUT2D eigenvalue weighted by Crippen LogP contribution is 2.69. The zero-order chi connectivity index (χ0) is 32.5. The molecule has 0 N–H and O–H groups in total. The number of benzene rings is 7. The maximum absolute atomic E-state index is 6.69. The van der Waals surface area contributed by atoms with Gasteiger partial charge in [-0.15, -0.1) is 0 Å². The van der Waals surface area contributed by atoms with Crippen LogP contribution in [-0.2, 0) is 10.8 Å². The minimum absolute atomic E-state index is 0.655. The molecule has 0 bridgehead atoms. The van der Waals surface area contributed by atoms with Gasteiger partial charge in [0, 0.05) is 31.2 Å². The van der Waals surface area contributed by atoms with Crippen LogP contribution in [0.5, 0.6) is 23.0 Å². The quantitative estimate of drug-likeness (QED) is 0.154. The summed E-state index contributed by atoms with van der Waals surface area (Å²) in [6, 6.07) is 54.6. The van der Waals surface area contributed by atoms with Crippen molar-refractivity contribution in [2.75, 3.05) is 4.90 Å². The number of ether oxygens (including phenoxy) is 2. The second kappa shape index (κ2) is 9.75. The Morgan fingerprint density at radius 2 is 0.714 bits per heavy atom. The van der Waals surface area contributed by atoms with Crippen molar-refractivity contribution in [3.8, 4) is 23.0 Å². The minimum Gasteiger partial charge on any atom is -0.457 e. The van der Waals surface area contributed by atoms with Gasteiger partial charge in [0.15, 0.2) is 0 Å². The predicted molar refractivity (Wildman–Crippen MR) is 200 cm³/mol. The molecule has 0 fully saturated rings. The molecule has 0 atom stereocenters. The largest absolute Gasteiger partial charge is 0.457 e. The summed E-state index contributed by atoms with van der Waals surface area (Å²) >= 11 is 7.78. The number of hydrogen-bond acceptors (Lipinski definition) is 3. The Labute approximate surface area is 300 Å². The fourth-order valence-corrected chi connectivity index (χ4v) is 9.91. The van der Waals surface area contributed by atoms with Gasteiger partial charge < -0.3 is 14.4 Å². The second-order valence-corrected chi connectivity index (χ2v) is 14.9. The van der Waals surface area contributed by atoms with E-state index in [2.05, 4.69) is 188 Å². The lowest BCUT2D eigenvalue weighted by Gasteiger charge is -2.54. The van der Waals surface area contributed by atoms with E-state index in [0.717, 1.165) is 65.6 Å². The molecule has 0 aliphatic carbocycles. The Hall–Kier alpha value is -5.10. The Balaban J connectivity index is 1.39. The molecule has 4 aliphatic rings. The second-order valence-electron chi connectivity index (χ2n) is 13.0. The molecule has 5 heteroatoms. The lowest BCUT2D eigenvalue weighted by molar-refractivity contribution is 0.430. The van der Waals surface area contributed by atoms with Gasteiger partial charge in [-0.1, -0.05) is 135 Å². The fraction of sp³-hybridized carbons (Fsp3) is 0.0455. The maximum Gasteiger partial charge on any atom is 0.132 e. The monoisotopic (exact) mass is 757 g/mol. The summed E-state index contributed by atoms with van der Waals surface area (Å²) in [5.41, 5.74) is 11.5. The summed E-state index contributed by atoms with van der Waals surface area (Å²) in [6.07, 6.45) is 0. The molecule has 232 valence electrons. The molecule has 7 aromatic carbocycles. The zero-order valence-electron chi connectivity index (χ0n) is 26.0. The molecule has 4 heterocycles. The zero-order valence-corrected chi connectivity index (χ0v) is 29.1. The number of nitrogens with zero attached hydrogens (tertiary/aromatic N) is 1. The molecule has 3 nitrogen and oxygen atoms in total. The van der Waals surface area contributed by atoms with Crippen molar-refractivity contribution in [1.82, 2.24) is 0 Å². The fourth-order valence-electron chi connectivity index (χ4n) is 9.21. The molecule has 4 aliphatic heterocycles. The van der Waals surface area contributed by atoms with Crippen molar-refractivity contribution in [1.29, 1.82) is 0 Å². The van der Waals surface area contributed by atoms with E-state index >= 15 is 0 Å². The van der Waals surface area contributed by atoms with Gasteiger partial charge in [-0.3, -0.25) is 0 Å². The van der Waals surface area contributed by atoms with Crippen molar-refractivity contribution in [2.24, 2.45) is 0 Å². The normalized spacial score (nSPS) is 15.8. The lowest BCUT2D eigenvalue weighted by Crippen LogP contribution is -2.45. The molecule has 49 heavy (non-hydrogen) atoms. The van der Waals surface area contributed by atoms with Gasteiger partial charge in [0.25, 0.3) is 0 Å². The summed E-state index contributed by atoms with van der Waals surface area (Å²) in [6.45, 7) is 0. The van der Waals surface area contributed by atoms with Crippen LogP contribution in [-0.4, -0.2) is 0 Å². The predicted octanol–water partition coefficient (Wildman–Crippen LogP) is 12.3. The van der Waals surface area contributed by atoms with E-state index in [4.69, 9.17) is 9.47 Å². The van der Waals surface area contributed by atoms with Crippen LogP contribution in [0.4, 0.5) is 17.1 Å². The number of anilines is 3. The molecule has 0 saturated carbocycles. The minimum atomic E-state index is -0.655. The molecule has 0 aromatic heterocycles. The van der Waals surface area contributed by atoms with E-state index < -0.39 is 10.8 Å². The highest BCUT2D eigenvalue weighted by molar-refractivity contribution is 9.10. The van der Waals surface area contributed by atoms with Crippen molar-refractivity contribution in [3.63, 3.8) is 0 Å². The van der Waals surface area contributed by atoms with Crippen LogP contribution in [0.3, 0.4) is 0 Å². The van der Waals surface area contributed by atoms with Crippen LogP contribution in [0.15, 0.2) is 161 Å². The summed E-state index contributed by atoms with van der Waals surface area (Å²) < 4.78 is 15.4. The highest BCUT2D eigenvalue weighted by Gasteiger charge is 2.57. The first-order valence-electron chi connectivity index (χ1n) is 16.4. The van der Waals surface area contributed by atoms with Crippen LogP contribution < -0.4 is 14.4 Å². The van der Waals surface area contributed by atoms with Gasteiger partial charge in [-0.05, 0) is 70.8 Å². The Morgan fingerprint density at radius 3 is 1.10 bits per heavy atom. The van der Waals surface area contributed by atoms with E-state index in [1.165, 1.54) is 27.9 Å². The van der Waals surface area contributed by atoms with Crippen LogP contribution in [0.1, 0.15) is 44.5 Å². The van der Waals surface area contributed by atoms with E-state index in [1.807, 2.05) is 0 Å². The highest BCUT2D eigenvalue weighted by atomic mass is 79.9. The van der Waals surface area contributed by atoms with Crippen molar-refractivity contribution >= 4 is 48.9 Å². The topological polar surface area (TPSA) is 21.7 Å². The number of rotatable bonds is 0. The summed E-state index contributed by atoms with van der Waals surface area (Å²) in [5.74, 6) is 3.49. The molecule has 11 rings (SSSR count). The Morgan fingerprint density at radius 1 is 0.367 bits per heavy atom. The third-order valence-corrected chi connectivity index (χ3v) is 11.9. The van der Waals surface area contributed by atoms with Gasteiger partial charge in [0.05, 0.1) is 27.9 Å². The first kappa shape index (κ1) is 27.8. The van der Waals surface area contributed by atoms with Crippen molar-refractivity contribution in [3.05, 3.63) is 205 Å². The molecule has 2 spiro atoms. The number of halogens is 2. The van der Waals surface area contributed by atoms with Crippen LogP contribution in [0.2, 0.25) is 0 Å². The molecule has 7 aromatic rings. The van der Waals surface area contributed by atoms with Crippen molar-refractivity contribution < 1.29 is 9.47 Å². The van der Waals surface area contributed by atoms with E-state index in [1.54, 1.807) is 0 Å². The van der Waals surface area contributed by atoms with Crippen LogP contribution >= 0.6 is 31.9 Å². The van der Waals surface area contributed by atoms with E-state index in [-0.39, 0.29) is 0 Å². The van der Waals surface area contributed by atoms with Gasteiger partial charge in [0.2, 0.25) is 0 Å². The van der Waals surface area contributed by atoms with E-state index in [9.17, 15) is 0 Å². The Kier molecular flexibility index (Phi) is 5.53. The van der Waals surface area contributed by atoms with Crippen LogP contribution in [0.25, 0.3) is 0 Å². The van der Waals surface area contributed by atoms with Crippen molar-refractivity contribution in [2.45, 2.75) is 10.8 Å². The lowest BCUT2D eigenvalue weighted by atomic mass is 9.56. The molecule has 0 radical (unpaired) electrons. The molecular formula is C44H25Br2NO2. The molecule has 0 amide bonds. The number of para-hydroxylation sites is 5. The first-order valence-corrected chi connectivity index (χ1v) is 18.0. The SMILES string of the molecule is Brc1ccc2c(c1)N1c3cc(Br)ccc3C3(c4ccccc4Oc4ccccc43)c3cccc(c31)C21c2ccccc2Oc2ccccc21. The summed E-state index contributed by atoms with van der Waals surface area (Å²) in [7, 11) is 0. The average molecular weight is 759 g/mol. The van der Waals surface area contributed by atoms with Gasteiger partial charge >= 0.3 is 0 Å². The standard InChI is InChI=1S/C44H25Br2NO2/c45-26-20-22-28-36(24-26)47-37-25-27(46)21-23-29(37)44(32-12-3-7-18-40(32)49-41-19-8-4-13-33(41)44)35-15-9-14-34(42(35)47)43(28)30-10-1-5-16-38(30)48-39-17-6-2-11-31(39)43/h1-25H. The maximum atomic E-state index is 6.69. The molecular weight excluding hydrogens is 734 g/mol. The van der Waals surface area contributed by atoms with E-state index in [0.29, 0.717) is 0 Å². The van der Waals surface area contributed by atoms with Gasteiger partial charge in [-0.2, -0.15) is 0 Å². The smallest absolute Gasteiger partial charge is 0.132 e. The third kappa shape index (κ3) is 3.33.